The van der Waals surface area contributed by atoms with Crippen molar-refractivity contribution >= 4 is 15.9 Å². The smallest absolute Gasteiger partial charge is 0.493 e. The summed E-state index contributed by atoms with van der Waals surface area (Å²) in [5, 5.41) is 0. The van der Waals surface area contributed by atoms with E-state index in [2.05, 4.69) is 20.7 Å². The van der Waals surface area contributed by atoms with Crippen LogP contribution in [0.1, 0.15) is 6.42 Å². The number of benzene rings is 1. The van der Waals surface area contributed by atoms with Crippen LogP contribution in [0.25, 0.3) is 0 Å². The third kappa shape index (κ3) is 8.13. The molecule has 0 fully saturated rings. The SMILES string of the molecule is COCCOCCCOc1ccc(OC(F)(F)F)c(Br)c1. The fourth-order valence-electron chi connectivity index (χ4n) is 1.37. The van der Waals surface area contributed by atoms with Crippen LogP contribution in [0.15, 0.2) is 22.7 Å². The number of halogens is 4. The van der Waals surface area contributed by atoms with Gasteiger partial charge in [0, 0.05) is 20.1 Å². The first-order valence-electron chi connectivity index (χ1n) is 6.17. The highest BCUT2D eigenvalue weighted by atomic mass is 79.9. The lowest BCUT2D eigenvalue weighted by Gasteiger charge is -2.12. The fraction of sp³-hybridized carbons (Fsp3) is 0.538. The van der Waals surface area contributed by atoms with Gasteiger partial charge in [-0.2, -0.15) is 0 Å². The van der Waals surface area contributed by atoms with Crippen molar-refractivity contribution in [3.63, 3.8) is 0 Å². The van der Waals surface area contributed by atoms with Gasteiger partial charge < -0.3 is 18.9 Å². The number of hydrogen-bond acceptors (Lipinski definition) is 4. The topological polar surface area (TPSA) is 36.9 Å². The third-order valence-electron chi connectivity index (χ3n) is 2.26. The predicted octanol–water partition coefficient (Wildman–Crippen LogP) is 3.78. The van der Waals surface area contributed by atoms with Crippen LogP contribution in [0.3, 0.4) is 0 Å². The van der Waals surface area contributed by atoms with Gasteiger partial charge in [0.25, 0.3) is 0 Å². The van der Waals surface area contributed by atoms with Crippen molar-refractivity contribution in [1.29, 1.82) is 0 Å². The Hall–Kier alpha value is -0.990. The highest BCUT2D eigenvalue weighted by molar-refractivity contribution is 9.10. The fourth-order valence-corrected chi connectivity index (χ4v) is 1.81. The number of methoxy groups -OCH3 is 1. The molecule has 0 amide bonds. The van der Waals surface area contributed by atoms with E-state index in [4.69, 9.17) is 14.2 Å². The average molecular weight is 373 g/mol. The maximum absolute atomic E-state index is 12.1. The van der Waals surface area contributed by atoms with Crippen molar-refractivity contribution in [2.75, 3.05) is 33.5 Å². The second-order valence-electron chi connectivity index (χ2n) is 3.95. The van der Waals surface area contributed by atoms with Gasteiger partial charge in [-0.15, -0.1) is 13.2 Å². The minimum atomic E-state index is -4.72. The van der Waals surface area contributed by atoms with E-state index in [9.17, 15) is 13.2 Å². The average Bonchev–Trinajstić information content (AvgIpc) is 2.39. The van der Waals surface area contributed by atoms with Crippen molar-refractivity contribution in [2.45, 2.75) is 12.8 Å². The molecule has 0 unspecified atom stereocenters. The summed E-state index contributed by atoms with van der Waals surface area (Å²) in [4.78, 5) is 0. The highest BCUT2D eigenvalue weighted by Gasteiger charge is 2.31. The Kier molecular flexibility index (Phi) is 7.84. The quantitative estimate of drug-likeness (QED) is 0.618. The zero-order valence-electron chi connectivity index (χ0n) is 11.4. The van der Waals surface area contributed by atoms with E-state index in [1.807, 2.05) is 0 Å². The van der Waals surface area contributed by atoms with Gasteiger partial charge in [-0.05, 0) is 34.1 Å². The van der Waals surface area contributed by atoms with Gasteiger partial charge in [-0.1, -0.05) is 0 Å². The molecule has 0 aliphatic carbocycles. The summed E-state index contributed by atoms with van der Waals surface area (Å²) in [5.74, 6) is 0.144. The van der Waals surface area contributed by atoms with Crippen LogP contribution >= 0.6 is 15.9 Å². The molecule has 1 aromatic carbocycles. The first-order valence-corrected chi connectivity index (χ1v) is 6.96. The van der Waals surface area contributed by atoms with E-state index in [-0.39, 0.29) is 10.2 Å². The van der Waals surface area contributed by atoms with Gasteiger partial charge in [-0.3, -0.25) is 0 Å². The Labute approximate surface area is 129 Å². The molecule has 0 N–H and O–H groups in total. The van der Waals surface area contributed by atoms with Crippen LogP contribution in [0, 0.1) is 0 Å². The molecule has 0 saturated carbocycles. The number of ether oxygens (including phenoxy) is 4. The van der Waals surface area contributed by atoms with Crippen LogP contribution in [0.2, 0.25) is 0 Å². The maximum Gasteiger partial charge on any atom is 0.573 e. The molecule has 0 aliphatic rings. The zero-order chi connectivity index (χ0) is 15.7. The van der Waals surface area contributed by atoms with Crippen LogP contribution < -0.4 is 9.47 Å². The normalized spacial score (nSPS) is 11.5. The first kappa shape index (κ1) is 18.1. The summed E-state index contributed by atoms with van der Waals surface area (Å²) in [5.41, 5.74) is 0. The zero-order valence-corrected chi connectivity index (χ0v) is 13.0. The number of hydrogen-bond donors (Lipinski definition) is 0. The molecule has 0 aromatic heterocycles. The van der Waals surface area contributed by atoms with Gasteiger partial charge in [0.2, 0.25) is 0 Å². The molecule has 1 aromatic rings. The van der Waals surface area contributed by atoms with E-state index in [0.29, 0.717) is 38.6 Å². The van der Waals surface area contributed by atoms with Gasteiger partial charge >= 0.3 is 6.36 Å². The Bertz CT molecular complexity index is 426. The molecular formula is C13H16BrF3O4. The molecule has 0 saturated heterocycles. The summed E-state index contributed by atoms with van der Waals surface area (Å²) in [6, 6.07) is 4.03. The van der Waals surface area contributed by atoms with Crippen molar-refractivity contribution in [3.05, 3.63) is 22.7 Å². The van der Waals surface area contributed by atoms with Crippen molar-refractivity contribution in [1.82, 2.24) is 0 Å². The standard InChI is InChI=1S/C13H16BrF3O4/c1-18-7-8-19-5-2-6-20-10-3-4-12(11(14)9-10)21-13(15,16)17/h3-4,9H,2,5-8H2,1H3. The van der Waals surface area contributed by atoms with E-state index < -0.39 is 6.36 Å². The highest BCUT2D eigenvalue weighted by Crippen LogP contribution is 2.33. The van der Waals surface area contributed by atoms with E-state index >= 15 is 0 Å². The molecule has 0 bridgehead atoms. The summed E-state index contributed by atoms with van der Waals surface area (Å²) in [6.07, 6.45) is -4.05. The van der Waals surface area contributed by atoms with E-state index in [0.717, 1.165) is 0 Å². The minimum Gasteiger partial charge on any atom is -0.493 e. The van der Waals surface area contributed by atoms with Gasteiger partial charge in [0.15, 0.2) is 0 Å². The molecule has 21 heavy (non-hydrogen) atoms. The lowest BCUT2D eigenvalue weighted by molar-refractivity contribution is -0.274. The lowest BCUT2D eigenvalue weighted by Crippen LogP contribution is -2.17. The third-order valence-corrected chi connectivity index (χ3v) is 2.88. The molecule has 1 rings (SSSR count). The van der Waals surface area contributed by atoms with E-state index in [1.165, 1.54) is 18.2 Å². The summed E-state index contributed by atoms with van der Waals surface area (Å²) < 4.78 is 55.8. The van der Waals surface area contributed by atoms with Gasteiger partial charge in [0.1, 0.15) is 11.5 Å². The lowest BCUT2D eigenvalue weighted by atomic mass is 10.3. The maximum atomic E-state index is 12.1. The molecule has 0 spiro atoms. The number of alkyl halides is 3. The first-order chi connectivity index (χ1) is 9.92. The Morgan fingerprint density at radius 1 is 1.10 bits per heavy atom. The Morgan fingerprint density at radius 3 is 2.48 bits per heavy atom. The van der Waals surface area contributed by atoms with Crippen molar-refractivity contribution < 1.29 is 32.1 Å². The number of rotatable bonds is 9. The Morgan fingerprint density at radius 2 is 1.86 bits per heavy atom. The minimum absolute atomic E-state index is 0.175. The second kappa shape index (κ2) is 9.11. The van der Waals surface area contributed by atoms with Gasteiger partial charge in [-0.25, -0.2) is 0 Å². The monoisotopic (exact) mass is 372 g/mol. The molecular weight excluding hydrogens is 357 g/mol. The van der Waals surface area contributed by atoms with E-state index in [1.54, 1.807) is 7.11 Å². The van der Waals surface area contributed by atoms with Crippen LogP contribution in [-0.2, 0) is 9.47 Å². The molecule has 0 radical (unpaired) electrons. The van der Waals surface area contributed by atoms with Gasteiger partial charge in [0.05, 0.1) is 24.3 Å². The van der Waals surface area contributed by atoms with Crippen LogP contribution in [-0.4, -0.2) is 39.9 Å². The molecule has 0 atom stereocenters. The largest absolute Gasteiger partial charge is 0.573 e. The predicted molar refractivity (Wildman–Crippen MR) is 73.6 cm³/mol. The summed E-state index contributed by atoms with van der Waals surface area (Å²) >= 11 is 3.01. The second-order valence-corrected chi connectivity index (χ2v) is 4.80. The molecule has 0 aliphatic heterocycles. The molecule has 120 valence electrons. The van der Waals surface area contributed by atoms with Crippen LogP contribution in [0.4, 0.5) is 13.2 Å². The summed E-state index contributed by atoms with van der Waals surface area (Å²) in [6.45, 7) is 1.98. The van der Waals surface area contributed by atoms with Crippen LogP contribution in [0.5, 0.6) is 11.5 Å². The Balaban J connectivity index is 2.32. The van der Waals surface area contributed by atoms with Crippen molar-refractivity contribution in [3.8, 4) is 11.5 Å². The molecule has 4 nitrogen and oxygen atoms in total. The van der Waals surface area contributed by atoms with Crippen molar-refractivity contribution in [2.24, 2.45) is 0 Å². The molecule has 0 heterocycles. The molecule has 8 heteroatoms. The summed E-state index contributed by atoms with van der Waals surface area (Å²) in [7, 11) is 1.59.